The van der Waals surface area contributed by atoms with Crippen LogP contribution in [0.5, 0.6) is 5.75 Å². The van der Waals surface area contributed by atoms with Crippen LogP contribution in [0.4, 0.5) is 0 Å². The molecule has 0 saturated heterocycles. The van der Waals surface area contributed by atoms with Crippen LogP contribution in [0.1, 0.15) is 16.2 Å². The van der Waals surface area contributed by atoms with Crippen LogP contribution < -0.4 is 15.4 Å². The van der Waals surface area contributed by atoms with E-state index in [-0.39, 0.29) is 37.2 Å². The van der Waals surface area contributed by atoms with E-state index in [1.807, 2.05) is 0 Å². The molecule has 0 radical (unpaired) electrons. The molecule has 2 N–H and O–H groups in total. The van der Waals surface area contributed by atoms with Crippen LogP contribution >= 0.6 is 11.6 Å². The highest BCUT2D eigenvalue weighted by Gasteiger charge is 2.10. The van der Waals surface area contributed by atoms with Crippen LogP contribution in [0.2, 0.25) is 5.02 Å². The minimum atomic E-state index is -0.353. The molecule has 0 aliphatic heterocycles. The maximum absolute atomic E-state index is 11.7. The number of hydrogen-bond acceptors (Lipinski definition) is 5. The van der Waals surface area contributed by atoms with Gasteiger partial charge in [-0.05, 0) is 31.2 Å². The van der Waals surface area contributed by atoms with Crippen LogP contribution in [0, 0.1) is 6.92 Å². The highest BCUT2D eigenvalue weighted by Crippen LogP contribution is 2.15. The molecule has 0 aliphatic carbocycles. The van der Waals surface area contributed by atoms with Crippen molar-refractivity contribution < 1.29 is 18.8 Å². The second-order valence-corrected chi connectivity index (χ2v) is 5.11. The van der Waals surface area contributed by atoms with Crippen LogP contribution in [-0.4, -0.2) is 36.7 Å². The molecule has 0 bridgehead atoms. The zero-order valence-corrected chi connectivity index (χ0v) is 13.2. The molecule has 0 unspecified atom stereocenters. The largest absolute Gasteiger partial charge is 0.484 e. The number of aromatic nitrogens is 1. The van der Waals surface area contributed by atoms with Gasteiger partial charge in [0.05, 0.1) is 0 Å². The van der Waals surface area contributed by atoms with Gasteiger partial charge in [-0.25, -0.2) is 0 Å². The molecule has 0 fully saturated rings. The summed E-state index contributed by atoms with van der Waals surface area (Å²) in [7, 11) is 0. The SMILES string of the molecule is Cc1cc(C(=O)NCCNC(=O)COc2ccc(Cl)cc2)no1. The first kappa shape index (κ1) is 16.8. The van der Waals surface area contributed by atoms with Crippen LogP contribution in [0.15, 0.2) is 34.9 Å². The number of hydrogen-bond donors (Lipinski definition) is 2. The highest BCUT2D eigenvalue weighted by atomic mass is 35.5. The van der Waals surface area contributed by atoms with Crippen molar-refractivity contribution in [2.75, 3.05) is 19.7 Å². The summed E-state index contributed by atoms with van der Waals surface area (Å²) >= 11 is 5.75. The number of nitrogens with one attached hydrogen (secondary N) is 2. The molecule has 1 aromatic heterocycles. The zero-order valence-electron chi connectivity index (χ0n) is 12.5. The summed E-state index contributed by atoms with van der Waals surface area (Å²) in [5.41, 5.74) is 0.208. The maximum Gasteiger partial charge on any atom is 0.273 e. The zero-order chi connectivity index (χ0) is 16.7. The number of nitrogens with zero attached hydrogens (tertiary/aromatic N) is 1. The van der Waals surface area contributed by atoms with E-state index in [9.17, 15) is 9.59 Å². The first-order valence-electron chi connectivity index (χ1n) is 6.91. The fourth-order valence-corrected chi connectivity index (χ4v) is 1.80. The lowest BCUT2D eigenvalue weighted by molar-refractivity contribution is -0.123. The third kappa shape index (κ3) is 5.63. The fraction of sp³-hybridized carbons (Fsp3) is 0.267. The molecular weight excluding hydrogens is 322 g/mol. The van der Waals surface area contributed by atoms with Crippen molar-refractivity contribution in [1.82, 2.24) is 15.8 Å². The third-order valence-electron chi connectivity index (χ3n) is 2.78. The maximum atomic E-state index is 11.7. The van der Waals surface area contributed by atoms with Crippen LogP contribution in [0.25, 0.3) is 0 Å². The quantitative estimate of drug-likeness (QED) is 0.748. The van der Waals surface area contributed by atoms with Crippen LogP contribution in [0.3, 0.4) is 0 Å². The van der Waals surface area contributed by atoms with Gasteiger partial charge in [-0.2, -0.15) is 0 Å². The lowest BCUT2D eigenvalue weighted by Crippen LogP contribution is -2.36. The molecular formula is C15H16ClN3O4. The molecule has 0 spiro atoms. The molecule has 122 valence electrons. The van der Waals surface area contributed by atoms with Crippen LogP contribution in [-0.2, 0) is 4.79 Å². The number of rotatable bonds is 7. The van der Waals surface area contributed by atoms with Crippen molar-refractivity contribution in [3.63, 3.8) is 0 Å². The Bertz CT molecular complexity index is 670. The van der Waals surface area contributed by atoms with Gasteiger partial charge in [-0.3, -0.25) is 9.59 Å². The van der Waals surface area contributed by atoms with Gasteiger partial charge in [-0.15, -0.1) is 0 Å². The number of carbonyl (C=O) groups is 2. The molecule has 23 heavy (non-hydrogen) atoms. The summed E-state index contributed by atoms with van der Waals surface area (Å²) in [6, 6.07) is 8.24. The van der Waals surface area contributed by atoms with Crippen molar-refractivity contribution in [2.45, 2.75) is 6.92 Å². The second kappa shape index (κ2) is 8.19. The molecule has 1 aromatic carbocycles. The summed E-state index contributed by atoms with van der Waals surface area (Å²) < 4.78 is 10.1. The lowest BCUT2D eigenvalue weighted by atomic mass is 10.3. The third-order valence-corrected chi connectivity index (χ3v) is 3.03. The predicted molar refractivity (Wildman–Crippen MR) is 83.5 cm³/mol. The Morgan fingerprint density at radius 1 is 1.22 bits per heavy atom. The van der Waals surface area contributed by atoms with Gasteiger partial charge in [0, 0.05) is 24.2 Å². The summed E-state index contributed by atoms with van der Waals surface area (Å²) in [5.74, 6) is 0.474. The Morgan fingerprint density at radius 2 is 1.91 bits per heavy atom. The monoisotopic (exact) mass is 337 g/mol. The van der Waals surface area contributed by atoms with E-state index in [0.29, 0.717) is 16.5 Å². The predicted octanol–water partition coefficient (Wildman–Crippen LogP) is 1.56. The molecule has 2 aromatic rings. The van der Waals surface area contributed by atoms with E-state index in [2.05, 4.69) is 15.8 Å². The van der Waals surface area contributed by atoms with Crippen molar-refractivity contribution in [1.29, 1.82) is 0 Å². The number of aryl methyl sites for hydroxylation is 1. The Hall–Kier alpha value is -2.54. The van der Waals surface area contributed by atoms with E-state index in [4.69, 9.17) is 20.9 Å². The first-order chi connectivity index (χ1) is 11.0. The number of amides is 2. The van der Waals surface area contributed by atoms with Gasteiger partial charge in [0.15, 0.2) is 12.3 Å². The molecule has 2 amide bonds. The van der Waals surface area contributed by atoms with Crippen molar-refractivity contribution in [3.8, 4) is 5.75 Å². The van der Waals surface area contributed by atoms with Gasteiger partial charge < -0.3 is 19.9 Å². The molecule has 0 atom stereocenters. The van der Waals surface area contributed by atoms with Gasteiger partial charge in [-0.1, -0.05) is 16.8 Å². The van der Waals surface area contributed by atoms with E-state index in [1.54, 1.807) is 31.2 Å². The first-order valence-corrected chi connectivity index (χ1v) is 7.29. The van der Waals surface area contributed by atoms with Crippen molar-refractivity contribution in [3.05, 3.63) is 46.8 Å². The van der Waals surface area contributed by atoms with E-state index >= 15 is 0 Å². The fourth-order valence-electron chi connectivity index (χ4n) is 1.67. The summed E-state index contributed by atoms with van der Waals surface area (Å²) in [4.78, 5) is 23.3. The van der Waals surface area contributed by atoms with Gasteiger partial charge in [0.2, 0.25) is 0 Å². The van der Waals surface area contributed by atoms with Gasteiger partial charge in [0.25, 0.3) is 11.8 Å². The smallest absolute Gasteiger partial charge is 0.273 e. The van der Waals surface area contributed by atoms with Crippen molar-refractivity contribution in [2.24, 2.45) is 0 Å². The molecule has 1 heterocycles. The standard InChI is InChI=1S/C15H16ClN3O4/c1-10-8-13(19-23-10)15(21)18-7-6-17-14(20)9-22-12-4-2-11(16)3-5-12/h2-5,8H,6-7,9H2,1H3,(H,17,20)(H,18,21). The minimum Gasteiger partial charge on any atom is -0.484 e. The number of carbonyl (C=O) groups excluding carboxylic acids is 2. The topological polar surface area (TPSA) is 93.5 Å². The number of benzene rings is 1. The minimum absolute atomic E-state index is 0.113. The Balaban J connectivity index is 1.61. The Kier molecular flexibility index (Phi) is 5.99. The molecule has 2 rings (SSSR count). The summed E-state index contributed by atoms with van der Waals surface area (Å²) in [5, 5.41) is 9.44. The van der Waals surface area contributed by atoms with E-state index < -0.39 is 0 Å². The van der Waals surface area contributed by atoms with E-state index in [0.717, 1.165) is 0 Å². The molecule has 7 nitrogen and oxygen atoms in total. The Labute approximate surface area is 137 Å². The molecule has 0 aliphatic rings. The van der Waals surface area contributed by atoms with E-state index in [1.165, 1.54) is 6.07 Å². The number of ether oxygens (including phenoxy) is 1. The summed E-state index contributed by atoms with van der Waals surface area (Å²) in [6.07, 6.45) is 0. The summed E-state index contributed by atoms with van der Waals surface area (Å²) in [6.45, 7) is 2.14. The van der Waals surface area contributed by atoms with Gasteiger partial charge >= 0.3 is 0 Å². The molecule has 8 heteroatoms. The van der Waals surface area contributed by atoms with Gasteiger partial charge in [0.1, 0.15) is 11.5 Å². The lowest BCUT2D eigenvalue weighted by Gasteiger charge is -2.08. The Morgan fingerprint density at radius 3 is 2.57 bits per heavy atom. The average Bonchev–Trinajstić information content (AvgIpc) is 2.97. The molecule has 0 saturated carbocycles. The highest BCUT2D eigenvalue weighted by molar-refractivity contribution is 6.30. The number of halogens is 1. The normalized spacial score (nSPS) is 10.2. The second-order valence-electron chi connectivity index (χ2n) is 4.67. The average molecular weight is 338 g/mol. The van der Waals surface area contributed by atoms with Crippen molar-refractivity contribution >= 4 is 23.4 Å².